The summed E-state index contributed by atoms with van der Waals surface area (Å²) in [6.07, 6.45) is 0.715. The number of hydrogen-bond donors (Lipinski definition) is 2. The lowest BCUT2D eigenvalue weighted by Crippen LogP contribution is -2.47. The Bertz CT molecular complexity index is 1200. The zero-order chi connectivity index (χ0) is 24.1. The van der Waals surface area contributed by atoms with Crippen molar-refractivity contribution in [3.8, 4) is 0 Å². The Kier molecular flexibility index (Phi) is 7.44. The van der Waals surface area contributed by atoms with E-state index in [1.807, 2.05) is 36.4 Å². The second-order valence-corrected chi connectivity index (χ2v) is 8.86. The molecule has 8 nitrogen and oxygen atoms in total. The van der Waals surface area contributed by atoms with Gasteiger partial charge in [0.25, 0.3) is 17.2 Å². The summed E-state index contributed by atoms with van der Waals surface area (Å²) >= 11 is -2.26. The maximum atomic E-state index is 12.7. The third-order valence-electron chi connectivity index (χ3n) is 5.89. The molecule has 4 rings (SSSR count). The number of carbonyl (C=O) groups is 2. The predicted molar refractivity (Wildman–Crippen MR) is 133 cm³/mol. The van der Waals surface area contributed by atoms with E-state index in [0.717, 1.165) is 10.8 Å². The Hall–Kier alpha value is -3.43. The van der Waals surface area contributed by atoms with Crippen LogP contribution in [0, 0.1) is 0 Å². The highest BCUT2D eigenvalue weighted by Crippen LogP contribution is 2.32. The van der Waals surface area contributed by atoms with Gasteiger partial charge in [-0.15, -0.1) is 0 Å². The highest BCUT2D eigenvalue weighted by Gasteiger charge is 2.30. The molecular weight excluding hydrogens is 454 g/mol. The number of nitrogens with zero attached hydrogens (tertiary/aromatic N) is 2. The maximum Gasteiger partial charge on any atom is 0.409 e. The molecule has 1 aliphatic rings. The highest BCUT2D eigenvalue weighted by atomic mass is 32.2. The zero-order valence-corrected chi connectivity index (χ0v) is 19.7. The summed E-state index contributed by atoms with van der Waals surface area (Å²) in [7, 11) is 0. The Labute approximate surface area is 200 Å². The second-order valence-electron chi connectivity index (χ2n) is 8.00. The lowest BCUT2D eigenvalue weighted by atomic mass is 10.0. The largest absolute Gasteiger partial charge is 0.450 e. The van der Waals surface area contributed by atoms with Crippen LogP contribution in [-0.4, -0.2) is 51.4 Å². The van der Waals surface area contributed by atoms with Crippen molar-refractivity contribution < 1.29 is 23.1 Å². The Morgan fingerprint density at radius 2 is 1.82 bits per heavy atom. The third-order valence-corrected chi connectivity index (χ3v) is 6.74. The highest BCUT2D eigenvalue weighted by molar-refractivity contribution is 7.80. The summed E-state index contributed by atoms with van der Waals surface area (Å²) < 4.78 is 29.0. The first kappa shape index (κ1) is 23.7. The van der Waals surface area contributed by atoms with Gasteiger partial charge in [0.1, 0.15) is 0 Å². The molecule has 3 aromatic carbocycles. The van der Waals surface area contributed by atoms with Crippen molar-refractivity contribution in [2.75, 3.05) is 29.3 Å². The van der Waals surface area contributed by atoms with Crippen molar-refractivity contribution in [1.29, 1.82) is 0 Å². The van der Waals surface area contributed by atoms with Gasteiger partial charge in [-0.3, -0.25) is 13.7 Å². The number of fused-ring (bicyclic) bond motifs is 1. The molecule has 0 bridgehead atoms. The number of likely N-dealkylation sites (tertiary alicyclic amines) is 1. The summed E-state index contributed by atoms with van der Waals surface area (Å²) in [4.78, 5) is 26.3. The number of carbonyl (C=O) groups excluding carboxylic acids is 2. The molecule has 1 heterocycles. The van der Waals surface area contributed by atoms with Gasteiger partial charge in [-0.05, 0) is 55.5 Å². The Balaban J connectivity index is 1.59. The van der Waals surface area contributed by atoms with Gasteiger partial charge in [0, 0.05) is 35.8 Å². The van der Waals surface area contributed by atoms with Crippen LogP contribution in [0.2, 0.25) is 0 Å². The quantitative estimate of drug-likeness (QED) is 0.499. The first-order chi connectivity index (χ1) is 16.5. The van der Waals surface area contributed by atoms with Crippen LogP contribution < -0.4 is 9.62 Å². The fraction of sp³-hybridized carbons (Fsp3) is 0.280. The second kappa shape index (κ2) is 10.7. The number of nitrogens with one attached hydrogen (secondary N) is 1. The first-order valence-electron chi connectivity index (χ1n) is 11.2. The van der Waals surface area contributed by atoms with Crippen LogP contribution in [0.1, 0.15) is 30.1 Å². The monoisotopic (exact) mass is 481 g/mol. The van der Waals surface area contributed by atoms with Gasteiger partial charge in [-0.25, -0.2) is 9.00 Å². The molecule has 1 fully saturated rings. The van der Waals surface area contributed by atoms with E-state index in [-0.39, 0.29) is 18.0 Å². The van der Waals surface area contributed by atoms with Crippen molar-refractivity contribution in [3.05, 3.63) is 72.3 Å². The van der Waals surface area contributed by atoms with Crippen LogP contribution in [-0.2, 0) is 16.0 Å². The minimum absolute atomic E-state index is 0.222. The number of benzene rings is 3. The lowest BCUT2D eigenvalue weighted by molar-refractivity contribution is 0.0975. The molecule has 2 N–H and O–H groups in total. The Morgan fingerprint density at radius 1 is 1.09 bits per heavy atom. The summed E-state index contributed by atoms with van der Waals surface area (Å²) in [6.45, 7) is 2.97. The lowest BCUT2D eigenvalue weighted by Gasteiger charge is -2.37. The van der Waals surface area contributed by atoms with Crippen LogP contribution in [0.25, 0.3) is 10.8 Å². The molecule has 178 valence electrons. The van der Waals surface area contributed by atoms with Gasteiger partial charge >= 0.3 is 6.09 Å². The van der Waals surface area contributed by atoms with E-state index in [1.165, 1.54) is 4.31 Å². The van der Waals surface area contributed by atoms with E-state index in [0.29, 0.717) is 49.5 Å². The topological polar surface area (TPSA) is 99.2 Å². The van der Waals surface area contributed by atoms with E-state index >= 15 is 0 Å². The van der Waals surface area contributed by atoms with Gasteiger partial charge < -0.3 is 15.0 Å². The van der Waals surface area contributed by atoms with Gasteiger partial charge in [0.2, 0.25) is 0 Å². The van der Waals surface area contributed by atoms with Crippen LogP contribution >= 0.6 is 0 Å². The van der Waals surface area contributed by atoms with E-state index in [1.54, 1.807) is 42.2 Å². The normalized spacial score (nSPS) is 15.1. The summed E-state index contributed by atoms with van der Waals surface area (Å²) in [5.41, 5.74) is 1.74. The number of piperidine rings is 1. The molecule has 1 saturated heterocycles. The van der Waals surface area contributed by atoms with Crippen LogP contribution in [0.4, 0.5) is 16.2 Å². The summed E-state index contributed by atoms with van der Waals surface area (Å²) in [5.74, 6) is -0.229. The zero-order valence-electron chi connectivity index (χ0n) is 18.8. The number of amides is 2. The smallest absolute Gasteiger partial charge is 0.409 e. The number of anilines is 2. The van der Waals surface area contributed by atoms with Crippen molar-refractivity contribution in [2.24, 2.45) is 0 Å². The van der Waals surface area contributed by atoms with Gasteiger partial charge in [0.15, 0.2) is 0 Å². The van der Waals surface area contributed by atoms with Gasteiger partial charge in [-0.2, -0.15) is 0 Å². The minimum atomic E-state index is -2.26. The SMILES string of the molecule is CCOC(=O)N1CCC(N(c2ccc3cccc(NC(=O)c4ccccc4)c3c2)S(=O)O)CC1. The number of rotatable bonds is 6. The maximum absolute atomic E-state index is 12.7. The fourth-order valence-electron chi connectivity index (χ4n) is 4.22. The van der Waals surface area contributed by atoms with Gasteiger partial charge in [-0.1, -0.05) is 36.4 Å². The Morgan fingerprint density at radius 3 is 2.50 bits per heavy atom. The summed E-state index contributed by atoms with van der Waals surface area (Å²) in [6, 6.07) is 19.8. The van der Waals surface area contributed by atoms with Crippen molar-refractivity contribution in [2.45, 2.75) is 25.8 Å². The van der Waals surface area contributed by atoms with Crippen molar-refractivity contribution in [3.63, 3.8) is 0 Å². The average molecular weight is 482 g/mol. The predicted octanol–water partition coefficient (Wildman–Crippen LogP) is 4.66. The number of hydrogen-bond acceptors (Lipinski definition) is 4. The molecular formula is C25H27N3O5S. The molecule has 1 atom stereocenters. The molecule has 0 saturated carbocycles. The first-order valence-corrected chi connectivity index (χ1v) is 12.3. The van der Waals surface area contributed by atoms with Crippen molar-refractivity contribution in [1.82, 2.24) is 4.90 Å². The van der Waals surface area contributed by atoms with Crippen LogP contribution in [0.3, 0.4) is 0 Å². The molecule has 0 aliphatic carbocycles. The molecule has 2 amide bonds. The minimum Gasteiger partial charge on any atom is -0.450 e. The molecule has 0 spiro atoms. The summed E-state index contributed by atoms with van der Waals surface area (Å²) in [5, 5.41) is 4.62. The van der Waals surface area contributed by atoms with E-state index in [2.05, 4.69) is 5.32 Å². The molecule has 0 radical (unpaired) electrons. The van der Waals surface area contributed by atoms with E-state index in [9.17, 15) is 18.4 Å². The van der Waals surface area contributed by atoms with Crippen molar-refractivity contribution >= 4 is 45.4 Å². The average Bonchev–Trinajstić information content (AvgIpc) is 2.85. The third kappa shape index (κ3) is 5.21. The molecule has 9 heteroatoms. The van der Waals surface area contributed by atoms with Crippen LogP contribution in [0.15, 0.2) is 66.7 Å². The molecule has 1 unspecified atom stereocenters. The molecule has 1 aliphatic heterocycles. The number of ether oxygens (including phenoxy) is 1. The fourth-order valence-corrected chi connectivity index (χ4v) is 4.98. The van der Waals surface area contributed by atoms with Gasteiger partial charge in [0.05, 0.1) is 12.3 Å². The molecule has 0 aromatic heterocycles. The molecule has 34 heavy (non-hydrogen) atoms. The van der Waals surface area contributed by atoms with Crippen LogP contribution in [0.5, 0.6) is 0 Å². The standard InChI is InChI=1S/C25H27N3O5S/c1-2-33-25(30)27-15-13-20(14-16-27)28(34(31)32)21-12-11-18-9-6-10-23(22(18)17-21)26-24(29)19-7-4-3-5-8-19/h3-12,17,20H,2,13-16H2,1H3,(H,26,29)(H,31,32). The molecule has 3 aromatic rings. The van der Waals surface area contributed by atoms with E-state index < -0.39 is 11.3 Å². The van der Waals surface area contributed by atoms with E-state index in [4.69, 9.17) is 4.74 Å².